The van der Waals surface area contributed by atoms with Crippen molar-refractivity contribution < 1.29 is 19.1 Å². The predicted molar refractivity (Wildman–Crippen MR) is 141 cm³/mol. The lowest BCUT2D eigenvalue weighted by atomic mass is 9.78. The second kappa shape index (κ2) is 10.5. The van der Waals surface area contributed by atoms with Crippen LogP contribution >= 0.6 is 0 Å². The molecule has 1 N–H and O–H groups in total. The van der Waals surface area contributed by atoms with Gasteiger partial charge in [0.05, 0.1) is 26.2 Å². The lowest BCUT2D eigenvalue weighted by Crippen LogP contribution is -2.47. The summed E-state index contributed by atoms with van der Waals surface area (Å²) in [5.74, 6) is 0.393. The summed E-state index contributed by atoms with van der Waals surface area (Å²) in [5, 5.41) is 3.09. The molecule has 1 aliphatic heterocycles. The number of hydrogen-bond acceptors (Lipinski definition) is 5. The third-order valence-electron chi connectivity index (χ3n) is 6.65. The average Bonchev–Trinajstić information content (AvgIpc) is 2.96. The van der Waals surface area contributed by atoms with Gasteiger partial charge in [-0.2, -0.15) is 0 Å². The Balaban J connectivity index is 1.63. The zero-order valence-corrected chi connectivity index (χ0v) is 20.6. The highest BCUT2D eigenvalue weighted by Gasteiger charge is 2.44. The molecule has 0 fully saturated rings. The Morgan fingerprint density at radius 2 is 1.49 bits per heavy atom. The monoisotopic (exact) mass is 493 g/mol. The molecule has 37 heavy (non-hydrogen) atoms. The topological polar surface area (TPSA) is 80.8 Å². The van der Waals surface area contributed by atoms with Crippen molar-refractivity contribution in [3.63, 3.8) is 0 Å². The minimum atomic E-state index is -0.647. The SMILES string of the molecule is COc1ccc([C@H]2[C@H](C(=O)NCc3ccncc3)c3ccccc3C(=O)N2c2ccc(OC)cc2)cc1. The third kappa shape index (κ3) is 4.76. The maximum atomic E-state index is 14.0. The first-order valence-electron chi connectivity index (χ1n) is 12.0. The van der Waals surface area contributed by atoms with Gasteiger partial charge in [0.15, 0.2) is 0 Å². The number of anilines is 1. The summed E-state index contributed by atoms with van der Waals surface area (Å²) < 4.78 is 10.7. The number of rotatable bonds is 7. The number of amides is 2. The first-order valence-corrected chi connectivity index (χ1v) is 12.0. The fourth-order valence-corrected chi connectivity index (χ4v) is 4.79. The number of carbonyl (C=O) groups is 2. The van der Waals surface area contributed by atoms with E-state index >= 15 is 0 Å². The molecule has 0 radical (unpaired) electrons. The highest BCUT2D eigenvalue weighted by Crippen LogP contribution is 2.45. The van der Waals surface area contributed by atoms with E-state index in [1.54, 1.807) is 37.6 Å². The molecule has 2 amide bonds. The molecule has 0 saturated carbocycles. The van der Waals surface area contributed by atoms with Gasteiger partial charge in [-0.25, -0.2) is 0 Å². The van der Waals surface area contributed by atoms with E-state index in [1.807, 2.05) is 78.9 Å². The summed E-state index contributed by atoms with van der Waals surface area (Å²) in [5.41, 5.74) is 3.64. The zero-order chi connectivity index (χ0) is 25.8. The normalized spacial score (nSPS) is 16.6. The molecule has 0 bridgehead atoms. The van der Waals surface area contributed by atoms with Crippen molar-refractivity contribution in [3.05, 3.63) is 120 Å². The quantitative estimate of drug-likeness (QED) is 0.396. The Bertz CT molecular complexity index is 1390. The van der Waals surface area contributed by atoms with Crippen molar-refractivity contribution >= 4 is 17.5 Å². The van der Waals surface area contributed by atoms with Crippen molar-refractivity contribution in [2.45, 2.75) is 18.5 Å². The number of carbonyl (C=O) groups excluding carboxylic acids is 2. The lowest BCUT2D eigenvalue weighted by molar-refractivity contribution is -0.123. The van der Waals surface area contributed by atoms with Crippen LogP contribution in [0.1, 0.15) is 39.0 Å². The summed E-state index contributed by atoms with van der Waals surface area (Å²) in [6.07, 6.45) is 3.39. The molecule has 0 unspecified atom stereocenters. The summed E-state index contributed by atoms with van der Waals surface area (Å²) in [6, 6.07) is 25.3. The number of nitrogens with zero attached hydrogens (tertiary/aromatic N) is 2. The molecule has 7 heteroatoms. The maximum Gasteiger partial charge on any atom is 0.259 e. The molecule has 2 heterocycles. The van der Waals surface area contributed by atoms with Gasteiger partial charge in [0.2, 0.25) is 5.91 Å². The van der Waals surface area contributed by atoms with Crippen molar-refractivity contribution in [2.75, 3.05) is 19.1 Å². The first kappa shape index (κ1) is 24.1. The summed E-state index contributed by atoms with van der Waals surface area (Å²) in [4.78, 5) is 33.6. The Labute approximate surface area is 215 Å². The van der Waals surface area contributed by atoms with E-state index in [0.29, 0.717) is 34.9 Å². The highest BCUT2D eigenvalue weighted by atomic mass is 16.5. The second-order valence-corrected chi connectivity index (χ2v) is 8.73. The molecular formula is C30H27N3O4. The Kier molecular flexibility index (Phi) is 6.85. The third-order valence-corrected chi connectivity index (χ3v) is 6.65. The van der Waals surface area contributed by atoms with Gasteiger partial charge in [0.1, 0.15) is 11.5 Å². The molecule has 2 atom stereocenters. The fraction of sp³-hybridized carbons (Fsp3) is 0.167. The summed E-state index contributed by atoms with van der Waals surface area (Å²) >= 11 is 0. The molecule has 4 aromatic rings. The number of methoxy groups -OCH3 is 2. The standard InChI is InChI=1S/C30H27N3O4/c1-36-23-11-7-21(8-12-23)28-27(29(34)32-19-20-15-17-31-18-16-20)25-5-3-4-6-26(25)30(35)33(28)22-9-13-24(37-2)14-10-22/h3-18,27-28H,19H2,1-2H3,(H,32,34)/t27-,28+/m1/s1. The molecule has 0 saturated heterocycles. The largest absolute Gasteiger partial charge is 0.497 e. The van der Waals surface area contributed by atoms with Crippen LogP contribution in [0.5, 0.6) is 11.5 Å². The molecule has 3 aromatic carbocycles. The molecule has 0 spiro atoms. The number of hydrogen-bond donors (Lipinski definition) is 1. The van der Waals surface area contributed by atoms with Crippen molar-refractivity contribution in [1.29, 1.82) is 0 Å². The van der Waals surface area contributed by atoms with Crippen molar-refractivity contribution in [3.8, 4) is 11.5 Å². The van der Waals surface area contributed by atoms with E-state index in [9.17, 15) is 9.59 Å². The van der Waals surface area contributed by atoms with Crippen LogP contribution < -0.4 is 19.7 Å². The fourth-order valence-electron chi connectivity index (χ4n) is 4.79. The van der Waals surface area contributed by atoms with E-state index in [-0.39, 0.29) is 11.8 Å². The van der Waals surface area contributed by atoms with Crippen LogP contribution in [-0.4, -0.2) is 31.0 Å². The summed E-state index contributed by atoms with van der Waals surface area (Å²) in [7, 11) is 3.20. The van der Waals surface area contributed by atoms with E-state index in [4.69, 9.17) is 9.47 Å². The Morgan fingerprint density at radius 1 is 0.865 bits per heavy atom. The van der Waals surface area contributed by atoms with Crippen LogP contribution in [0.15, 0.2) is 97.3 Å². The number of benzene rings is 3. The van der Waals surface area contributed by atoms with Gasteiger partial charge in [-0.05, 0) is 71.3 Å². The average molecular weight is 494 g/mol. The van der Waals surface area contributed by atoms with Crippen LogP contribution in [0.2, 0.25) is 0 Å². The minimum Gasteiger partial charge on any atom is -0.497 e. The number of nitrogens with one attached hydrogen (secondary N) is 1. The molecule has 5 rings (SSSR count). The van der Waals surface area contributed by atoms with Gasteiger partial charge in [-0.1, -0.05) is 30.3 Å². The van der Waals surface area contributed by atoms with E-state index in [1.165, 1.54) is 0 Å². The smallest absolute Gasteiger partial charge is 0.259 e. The Morgan fingerprint density at radius 3 is 2.14 bits per heavy atom. The second-order valence-electron chi connectivity index (χ2n) is 8.73. The van der Waals surface area contributed by atoms with Crippen molar-refractivity contribution in [2.24, 2.45) is 0 Å². The van der Waals surface area contributed by atoms with E-state index < -0.39 is 12.0 Å². The Hall–Kier alpha value is -4.65. The van der Waals surface area contributed by atoms with Gasteiger partial charge < -0.3 is 14.8 Å². The van der Waals surface area contributed by atoms with Crippen molar-refractivity contribution in [1.82, 2.24) is 10.3 Å². The predicted octanol–water partition coefficient (Wildman–Crippen LogP) is 4.90. The molecular weight excluding hydrogens is 466 g/mol. The summed E-state index contributed by atoms with van der Waals surface area (Å²) in [6.45, 7) is 0.353. The van der Waals surface area contributed by atoms with Gasteiger partial charge >= 0.3 is 0 Å². The molecule has 0 aliphatic carbocycles. The number of fused-ring (bicyclic) bond motifs is 1. The first-order chi connectivity index (χ1) is 18.1. The lowest BCUT2D eigenvalue weighted by Gasteiger charge is -2.42. The number of pyridine rings is 1. The van der Waals surface area contributed by atoms with Gasteiger partial charge in [0, 0.05) is 30.2 Å². The van der Waals surface area contributed by atoms with Gasteiger partial charge in [0.25, 0.3) is 5.91 Å². The maximum absolute atomic E-state index is 14.0. The van der Waals surface area contributed by atoms with Crippen LogP contribution in [0, 0.1) is 0 Å². The number of aromatic nitrogens is 1. The minimum absolute atomic E-state index is 0.167. The van der Waals surface area contributed by atoms with E-state index in [2.05, 4.69) is 10.3 Å². The molecule has 186 valence electrons. The molecule has 1 aromatic heterocycles. The van der Waals surface area contributed by atoms with Crippen LogP contribution in [-0.2, 0) is 11.3 Å². The zero-order valence-electron chi connectivity index (χ0n) is 20.6. The number of ether oxygens (including phenoxy) is 2. The van der Waals surface area contributed by atoms with E-state index in [0.717, 1.165) is 11.1 Å². The molecule has 1 aliphatic rings. The van der Waals surface area contributed by atoms with Gasteiger partial charge in [-0.3, -0.25) is 19.5 Å². The van der Waals surface area contributed by atoms with Gasteiger partial charge in [-0.15, -0.1) is 0 Å². The van der Waals surface area contributed by atoms with Crippen LogP contribution in [0.3, 0.4) is 0 Å². The molecule has 7 nitrogen and oxygen atoms in total. The highest BCUT2D eigenvalue weighted by molar-refractivity contribution is 6.11. The van der Waals surface area contributed by atoms with Crippen LogP contribution in [0.25, 0.3) is 0 Å². The van der Waals surface area contributed by atoms with Crippen LogP contribution in [0.4, 0.5) is 5.69 Å².